The number of thiophene rings is 1. The molecule has 1 N–H and O–H groups in total. The van der Waals surface area contributed by atoms with E-state index in [9.17, 15) is 8.42 Å². The van der Waals surface area contributed by atoms with E-state index in [-0.39, 0.29) is 5.41 Å². The maximum Gasteiger partial charge on any atom is 0.244 e. The molecular weight excluding hydrogens is 304 g/mol. The summed E-state index contributed by atoms with van der Waals surface area (Å²) in [6.07, 6.45) is 3.06. The van der Waals surface area contributed by atoms with Crippen molar-refractivity contribution in [2.75, 3.05) is 20.1 Å². The van der Waals surface area contributed by atoms with E-state index in [1.54, 1.807) is 4.31 Å². The van der Waals surface area contributed by atoms with Gasteiger partial charge in [0, 0.05) is 24.5 Å². The molecule has 0 unspecified atom stereocenters. The molecule has 0 amide bonds. The van der Waals surface area contributed by atoms with E-state index >= 15 is 0 Å². The molecule has 4 nitrogen and oxygen atoms in total. The number of rotatable bonds is 6. The topological polar surface area (TPSA) is 49.4 Å². The van der Waals surface area contributed by atoms with Crippen molar-refractivity contribution < 1.29 is 8.42 Å². The van der Waals surface area contributed by atoms with Crippen molar-refractivity contribution in [3.8, 4) is 0 Å². The third-order valence-corrected chi connectivity index (χ3v) is 8.14. The highest BCUT2D eigenvalue weighted by molar-refractivity contribution is 7.89. The van der Waals surface area contributed by atoms with Crippen LogP contribution in [-0.2, 0) is 16.6 Å². The highest BCUT2D eigenvalue weighted by atomic mass is 32.2. The minimum Gasteiger partial charge on any atom is -0.315 e. The van der Waals surface area contributed by atoms with Crippen LogP contribution in [0.2, 0.25) is 0 Å². The van der Waals surface area contributed by atoms with Crippen molar-refractivity contribution in [2.45, 2.75) is 51.5 Å². The van der Waals surface area contributed by atoms with E-state index in [1.807, 2.05) is 19.4 Å². The average Bonchev–Trinajstić information content (AvgIpc) is 3.05. The Hall–Kier alpha value is -0.430. The lowest BCUT2D eigenvalue weighted by Crippen LogP contribution is -2.32. The number of hydrogen-bond acceptors (Lipinski definition) is 4. The fourth-order valence-electron chi connectivity index (χ4n) is 3.17. The van der Waals surface area contributed by atoms with Crippen molar-refractivity contribution in [3.63, 3.8) is 0 Å². The predicted octanol–water partition coefficient (Wildman–Crippen LogP) is 2.98. The molecule has 2 heterocycles. The van der Waals surface area contributed by atoms with Crippen molar-refractivity contribution >= 4 is 21.4 Å². The van der Waals surface area contributed by atoms with Gasteiger partial charge in [0.05, 0.1) is 0 Å². The summed E-state index contributed by atoms with van der Waals surface area (Å²) < 4.78 is 27.8. The molecule has 1 aliphatic rings. The van der Waals surface area contributed by atoms with Gasteiger partial charge in [0.2, 0.25) is 10.0 Å². The maximum atomic E-state index is 13.0. The lowest BCUT2D eigenvalue weighted by Gasteiger charge is -2.26. The third-order valence-electron chi connectivity index (χ3n) is 4.83. The molecule has 0 radical (unpaired) electrons. The monoisotopic (exact) mass is 330 g/mol. The van der Waals surface area contributed by atoms with Gasteiger partial charge in [-0.15, -0.1) is 11.3 Å². The van der Waals surface area contributed by atoms with Crippen molar-refractivity contribution in [2.24, 2.45) is 5.41 Å². The normalized spacial score (nSPS) is 19.2. The van der Waals surface area contributed by atoms with Gasteiger partial charge in [-0.2, -0.15) is 4.31 Å². The minimum absolute atomic E-state index is 0.167. The van der Waals surface area contributed by atoms with E-state index in [0.717, 1.165) is 29.7 Å². The van der Waals surface area contributed by atoms with Crippen LogP contribution in [0.5, 0.6) is 0 Å². The molecule has 0 spiro atoms. The van der Waals surface area contributed by atoms with E-state index in [4.69, 9.17) is 0 Å². The van der Waals surface area contributed by atoms with E-state index < -0.39 is 10.0 Å². The van der Waals surface area contributed by atoms with Gasteiger partial charge in [0.25, 0.3) is 0 Å². The summed E-state index contributed by atoms with van der Waals surface area (Å²) >= 11 is 1.53. The Morgan fingerprint density at radius 3 is 2.57 bits per heavy atom. The first-order valence-corrected chi connectivity index (χ1v) is 9.94. The SMILES string of the molecule is CCC1(CC)CCN(S(=O)(=O)c2c(C)csc2CNC)C1. The zero-order valence-electron chi connectivity index (χ0n) is 13.4. The molecule has 1 aromatic rings. The Kier molecular flexibility index (Phi) is 5.13. The molecule has 1 fully saturated rings. The Labute approximate surface area is 132 Å². The summed E-state index contributed by atoms with van der Waals surface area (Å²) in [5, 5.41) is 5.01. The predicted molar refractivity (Wildman–Crippen MR) is 88.2 cm³/mol. The van der Waals surface area contributed by atoms with Crippen LogP contribution in [0.3, 0.4) is 0 Å². The molecule has 0 saturated carbocycles. The number of hydrogen-bond donors (Lipinski definition) is 1. The Balaban J connectivity index is 2.34. The van der Waals surface area contributed by atoms with E-state index in [1.165, 1.54) is 11.3 Å². The number of sulfonamides is 1. The summed E-state index contributed by atoms with van der Waals surface area (Å²) in [6, 6.07) is 0. The maximum absolute atomic E-state index is 13.0. The molecule has 0 bridgehead atoms. The van der Waals surface area contributed by atoms with Gasteiger partial charge in [-0.05, 0) is 49.6 Å². The average molecular weight is 331 g/mol. The summed E-state index contributed by atoms with van der Waals surface area (Å²) in [7, 11) is -1.52. The van der Waals surface area contributed by atoms with Crippen molar-refractivity contribution in [1.29, 1.82) is 0 Å². The summed E-state index contributed by atoms with van der Waals surface area (Å²) in [5.41, 5.74) is 1.04. The first-order chi connectivity index (χ1) is 9.90. The highest BCUT2D eigenvalue weighted by Gasteiger charge is 2.41. The van der Waals surface area contributed by atoms with Crippen LogP contribution < -0.4 is 5.32 Å². The summed E-state index contributed by atoms with van der Waals surface area (Å²) in [5.74, 6) is 0. The standard InChI is InChI=1S/C15H26N2O2S2/c1-5-15(6-2)7-8-17(11-15)21(18,19)14-12(3)10-20-13(14)9-16-4/h10,16H,5-9,11H2,1-4H3. The lowest BCUT2D eigenvalue weighted by molar-refractivity contribution is 0.279. The molecule has 0 atom stereocenters. The van der Waals surface area contributed by atoms with Crippen LogP contribution in [0, 0.1) is 12.3 Å². The molecule has 1 saturated heterocycles. The molecule has 1 aromatic heterocycles. The van der Waals surface area contributed by atoms with Crippen LogP contribution in [0.25, 0.3) is 0 Å². The molecule has 0 aromatic carbocycles. The van der Waals surface area contributed by atoms with Crippen LogP contribution in [-0.4, -0.2) is 32.9 Å². The van der Waals surface area contributed by atoms with Crippen molar-refractivity contribution in [1.82, 2.24) is 9.62 Å². The Bertz CT molecular complexity index is 589. The molecule has 120 valence electrons. The van der Waals surface area contributed by atoms with Gasteiger partial charge in [-0.3, -0.25) is 0 Å². The van der Waals surface area contributed by atoms with Crippen molar-refractivity contribution in [3.05, 3.63) is 15.8 Å². The van der Waals surface area contributed by atoms with E-state index in [2.05, 4.69) is 19.2 Å². The van der Waals surface area contributed by atoms with Gasteiger partial charge in [0.1, 0.15) is 4.90 Å². The fourth-order valence-corrected chi connectivity index (χ4v) is 6.50. The van der Waals surface area contributed by atoms with Gasteiger partial charge >= 0.3 is 0 Å². The van der Waals surface area contributed by atoms with Crippen LogP contribution in [0.1, 0.15) is 43.6 Å². The van der Waals surface area contributed by atoms with E-state index in [0.29, 0.717) is 24.5 Å². The first-order valence-electron chi connectivity index (χ1n) is 7.62. The summed E-state index contributed by atoms with van der Waals surface area (Å²) in [6.45, 7) is 8.15. The van der Waals surface area contributed by atoms with Gasteiger partial charge in [0.15, 0.2) is 0 Å². The smallest absolute Gasteiger partial charge is 0.244 e. The van der Waals surface area contributed by atoms with Crippen LogP contribution in [0.4, 0.5) is 0 Å². The number of aryl methyl sites for hydroxylation is 1. The molecule has 1 aliphatic heterocycles. The largest absolute Gasteiger partial charge is 0.315 e. The molecule has 2 rings (SSSR count). The second kappa shape index (κ2) is 6.36. The number of nitrogens with zero attached hydrogens (tertiary/aromatic N) is 1. The molecule has 0 aliphatic carbocycles. The number of nitrogens with one attached hydrogen (secondary N) is 1. The zero-order chi connectivity index (χ0) is 15.7. The molecular formula is C15H26N2O2S2. The quantitative estimate of drug-likeness (QED) is 0.872. The Morgan fingerprint density at radius 2 is 2.05 bits per heavy atom. The summed E-state index contributed by atoms with van der Waals surface area (Å²) in [4.78, 5) is 1.45. The van der Waals surface area contributed by atoms with Gasteiger partial charge in [-0.1, -0.05) is 13.8 Å². The van der Waals surface area contributed by atoms with Gasteiger partial charge < -0.3 is 5.32 Å². The molecule has 21 heavy (non-hydrogen) atoms. The van der Waals surface area contributed by atoms with Crippen LogP contribution >= 0.6 is 11.3 Å². The third kappa shape index (κ3) is 3.04. The fraction of sp³-hybridized carbons (Fsp3) is 0.733. The van der Waals surface area contributed by atoms with Gasteiger partial charge in [-0.25, -0.2) is 8.42 Å². The zero-order valence-corrected chi connectivity index (χ0v) is 15.0. The Morgan fingerprint density at radius 1 is 1.38 bits per heavy atom. The highest BCUT2D eigenvalue weighted by Crippen LogP contribution is 2.40. The first kappa shape index (κ1) is 16.9. The lowest BCUT2D eigenvalue weighted by atomic mass is 9.82. The van der Waals surface area contributed by atoms with Crippen LogP contribution in [0.15, 0.2) is 10.3 Å². The second-order valence-corrected chi connectivity index (χ2v) is 8.84. The molecule has 6 heteroatoms. The minimum atomic E-state index is -3.37. The second-order valence-electron chi connectivity index (χ2n) is 6.00.